The van der Waals surface area contributed by atoms with Gasteiger partial charge in [0.05, 0.1) is 0 Å². The molecular formula is C16H14FN5O. The van der Waals surface area contributed by atoms with Crippen molar-refractivity contribution in [1.29, 1.82) is 0 Å². The van der Waals surface area contributed by atoms with E-state index in [4.69, 9.17) is 0 Å². The number of amides is 1. The van der Waals surface area contributed by atoms with E-state index < -0.39 is 5.82 Å². The van der Waals surface area contributed by atoms with Crippen LogP contribution in [0, 0.1) is 12.7 Å². The van der Waals surface area contributed by atoms with Crippen LogP contribution in [-0.4, -0.2) is 26.1 Å². The molecule has 0 saturated carbocycles. The fourth-order valence-electron chi connectivity index (χ4n) is 2.14. The van der Waals surface area contributed by atoms with Crippen molar-refractivity contribution in [2.45, 2.75) is 13.5 Å². The molecule has 0 spiro atoms. The molecule has 0 aliphatic heterocycles. The van der Waals surface area contributed by atoms with Gasteiger partial charge in [0.25, 0.3) is 0 Å². The second kappa shape index (κ2) is 6.35. The Morgan fingerprint density at radius 1 is 1.22 bits per heavy atom. The minimum Gasteiger partial charge on any atom is -0.324 e. The summed E-state index contributed by atoms with van der Waals surface area (Å²) < 4.78 is 13.1. The Bertz CT molecular complexity index is 846. The molecule has 1 aromatic heterocycles. The minimum atomic E-state index is -0.413. The van der Waals surface area contributed by atoms with Crippen LogP contribution in [0.25, 0.3) is 11.4 Å². The predicted octanol–water partition coefficient (Wildman–Crippen LogP) is 2.43. The van der Waals surface area contributed by atoms with Crippen LogP contribution in [0.4, 0.5) is 10.1 Å². The maximum atomic E-state index is 13.1. The molecule has 0 aliphatic rings. The summed E-state index contributed by atoms with van der Waals surface area (Å²) in [5.41, 5.74) is 2.27. The highest BCUT2D eigenvalue weighted by molar-refractivity contribution is 5.90. The topological polar surface area (TPSA) is 72.7 Å². The average Bonchev–Trinajstić information content (AvgIpc) is 2.95. The van der Waals surface area contributed by atoms with Crippen LogP contribution < -0.4 is 5.32 Å². The molecule has 116 valence electrons. The Hall–Kier alpha value is -3.09. The number of nitrogens with one attached hydrogen (secondary N) is 1. The van der Waals surface area contributed by atoms with Crippen LogP contribution >= 0.6 is 0 Å². The minimum absolute atomic E-state index is 0.102. The third kappa shape index (κ3) is 3.57. The number of aromatic nitrogens is 4. The van der Waals surface area contributed by atoms with E-state index in [2.05, 4.69) is 20.7 Å². The average molecular weight is 311 g/mol. The summed E-state index contributed by atoms with van der Waals surface area (Å²) in [6.45, 7) is 1.85. The van der Waals surface area contributed by atoms with Crippen LogP contribution in [0.1, 0.15) is 5.56 Å². The van der Waals surface area contributed by atoms with E-state index in [-0.39, 0.29) is 12.5 Å². The van der Waals surface area contributed by atoms with Crippen molar-refractivity contribution in [2.75, 3.05) is 5.32 Å². The number of nitrogens with zero attached hydrogens (tertiary/aromatic N) is 4. The number of carbonyl (C=O) groups is 1. The molecule has 1 heterocycles. The first kappa shape index (κ1) is 14.8. The lowest BCUT2D eigenvalue weighted by Crippen LogP contribution is -2.20. The van der Waals surface area contributed by atoms with Gasteiger partial charge in [-0.2, -0.15) is 4.80 Å². The summed E-state index contributed by atoms with van der Waals surface area (Å²) in [6, 6.07) is 13.3. The molecule has 2 aromatic carbocycles. The highest BCUT2D eigenvalue weighted by atomic mass is 19.1. The van der Waals surface area contributed by atoms with Crippen LogP contribution in [0.3, 0.4) is 0 Å². The molecule has 3 aromatic rings. The molecule has 0 fully saturated rings. The molecule has 7 heteroatoms. The van der Waals surface area contributed by atoms with Gasteiger partial charge in [-0.1, -0.05) is 30.3 Å². The summed E-state index contributed by atoms with van der Waals surface area (Å²) in [5, 5.41) is 14.6. The Morgan fingerprint density at radius 2 is 2.04 bits per heavy atom. The van der Waals surface area contributed by atoms with E-state index in [1.807, 2.05) is 31.2 Å². The number of aryl methyl sites for hydroxylation is 1. The van der Waals surface area contributed by atoms with Crippen LogP contribution in [0.5, 0.6) is 0 Å². The zero-order valence-electron chi connectivity index (χ0n) is 12.4. The van der Waals surface area contributed by atoms with E-state index in [9.17, 15) is 9.18 Å². The number of hydrogen-bond donors (Lipinski definition) is 1. The lowest BCUT2D eigenvalue weighted by molar-refractivity contribution is -0.117. The third-order valence-corrected chi connectivity index (χ3v) is 3.23. The molecule has 6 nitrogen and oxygen atoms in total. The third-order valence-electron chi connectivity index (χ3n) is 3.23. The van der Waals surface area contributed by atoms with Crippen molar-refractivity contribution in [2.24, 2.45) is 0 Å². The highest BCUT2D eigenvalue weighted by Gasteiger charge is 2.11. The van der Waals surface area contributed by atoms with Gasteiger partial charge in [0.2, 0.25) is 11.7 Å². The van der Waals surface area contributed by atoms with Gasteiger partial charge in [0, 0.05) is 11.3 Å². The molecule has 0 bridgehead atoms. The first-order chi connectivity index (χ1) is 11.1. The molecule has 3 rings (SSSR count). The van der Waals surface area contributed by atoms with Gasteiger partial charge in [0.1, 0.15) is 12.4 Å². The van der Waals surface area contributed by atoms with Gasteiger partial charge in [-0.25, -0.2) is 4.39 Å². The summed E-state index contributed by atoms with van der Waals surface area (Å²) in [5.74, 6) is -0.311. The summed E-state index contributed by atoms with van der Waals surface area (Å²) >= 11 is 0. The lowest BCUT2D eigenvalue weighted by atomic mass is 10.1. The maximum absolute atomic E-state index is 13.1. The standard InChI is InChI=1S/C16H14FN5O/c1-11-5-2-3-8-14(11)16-19-21-22(20-16)10-15(23)18-13-7-4-6-12(17)9-13/h2-9H,10H2,1H3,(H,18,23). The Morgan fingerprint density at radius 3 is 2.83 bits per heavy atom. The second-order valence-corrected chi connectivity index (χ2v) is 5.02. The molecule has 23 heavy (non-hydrogen) atoms. The van der Waals surface area contributed by atoms with Gasteiger partial charge in [-0.3, -0.25) is 4.79 Å². The molecule has 0 radical (unpaired) electrons. The maximum Gasteiger partial charge on any atom is 0.248 e. The smallest absolute Gasteiger partial charge is 0.248 e. The van der Waals surface area contributed by atoms with E-state index >= 15 is 0 Å². The van der Waals surface area contributed by atoms with Crippen molar-refractivity contribution in [1.82, 2.24) is 20.2 Å². The van der Waals surface area contributed by atoms with Gasteiger partial charge in [-0.05, 0) is 35.9 Å². The van der Waals surface area contributed by atoms with Gasteiger partial charge < -0.3 is 5.32 Å². The summed E-state index contributed by atoms with van der Waals surface area (Å²) in [6.07, 6.45) is 0. The number of carbonyl (C=O) groups excluding carboxylic acids is 1. The van der Waals surface area contributed by atoms with E-state index in [0.29, 0.717) is 11.5 Å². The van der Waals surface area contributed by atoms with Gasteiger partial charge in [0.15, 0.2) is 0 Å². The quantitative estimate of drug-likeness (QED) is 0.803. The molecule has 0 atom stereocenters. The van der Waals surface area contributed by atoms with Crippen LogP contribution in [0.15, 0.2) is 48.5 Å². The number of halogens is 1. The number of hydrogen-bond acceptors (Lipinski definition) is 4. The highest BCUT2D eigenvalue weighted by Crippen LogP contribution is 2.17. The Labute approximate surface area is 132 Å². The zero-order valence-corrected chi connectivity index (χ0v) is 12.4. The fraction of sp³-hybridized carbons (Fsp3) is 0.125. The molecule has 0 saturated heterocycles. The van der Waals surface area contributed by atoms with Crippen molar-refractivity contribution in [3.05, 3.63) is 59.9 Å². The number of rotatable bonds is 4. The number of benzene rings is 2. The zero-order chi connectivity index (χ0) is 16.2. The van der Waals surface area contributed by atoms with E-state index in [1.165, 1.54) is 23.0 Å². The fourth-order valence-corrected chi connectivity index (χ4v) is 2.14. The number of tetrazole rings is 1. The monoisotopic (exact) mass is 311 g/mol. The van der Waals surface area contributed by atoms with Crippen molar-refractivity contribution in [3.8, 4) is 11.4 Å². The van der Waals surface area contributed by atoms with Crippen molar-refractivity contribution < 1.29 is 9.18 Å². The molecule has 0 unspecified atom stereocenters. The number of anilines is 1. The second-order valence-electron chi connectivity index (χ2n) is 5.02. The Kier molecular flexibility index (Phi) is 4.09. The van der Waals surface area contributed by atoms with Crippen molar-refractivity contribution in [3.63, 3.8) is 0 Å². The Balaban J connectivity index is 1.69. The molecular weight excluding hydrogens is 297 g/mol. The molecule has 1 amide bonds. The SMILES string of the molecule is Cc1ccccc1-c1nnn(CC(=O)Nc2cccc(F)c2)n1. The first-order valence-electron chi connectivity index (χ1n) is 7.01. The van der Waals surface area contributed by atoms with Gasteiger partial charge in [-0.15, -0.1) is 10.2 Å². The van der Waals surface area contributed by atoms with Crippen LogP contribution in [-0.2, 0) is 11.3 Å². The lowest BCUT2D eigenvalue weighted by Gasteiger charge is -2.04. The van der Waals surface area contributed by atoms with Crippen molar-refractivity contribution >= 4 is 11.6 Å². The normalized spacial score (nSPS) is 10.5. The summed E-state index contributed by atoms with van der Waals surface area (Å²) in [4.78, 5) is 13.1. The molecule has 1 N–H and O–H groups in total. The van der Waals surface area contributed by atoms with E-state index in [0.717, 1.165) is 11.1 Å². The molecule has 0 aliphatic carbocycles. The largest absolute Gasteiger partial charge is 0.324 e. The first-order valence-corrected chi connectivity index (χ1v) is 7.01. The predicted molar refractivity (Wildman–Crippen MR) is 83.0 cm³/mol. The van der Waals surface area contributed by atoms with Gasteiger partial charge >= 0.3 is 0 Å². The summed E-state index contributed by atoms with van der Waals surface area (Å²) in [7, 11) is 0. The van der Waals surface area contributed by atoms with Crippen LogP contribution in [0.2, 0.25) is 0 Å². The van der Waals surface area contributed by atoms with E-state index in [1.54, 1.807) is 6.07 Å².